The Kier molecular flexibility index (Phi) is 2.90. The standard InChI is InChI=1S/C8H6BBrO2S2/c10-7-2-4-1-5(13)3-6(9(11)12)8(4)14-7/h1-3,11-13H. The lowest BCUT2D eigenvalue weighted by molar-refractivity contribution is 0.426. The van der Waals surface area contributed by atoms with Crippen molar-refractivity contribution >= 4 is 62.6 Å². The minimum Gasteiger partial charge on any atom is -0.423 e. The molecular formula is C8H6BBrO2S2. The first-order chi connectivity index (χ1) is 6.58. The minimum absolute atomic E-state index is 0.503. The molecule has 2 nitrogen and oxygen atoms in total. The van der Waals surface area contributed by atoms with Crippen molar-refractivity contribution in [3.8, 4) is 0 Å². The van der Waals surface area contributed by atoms with E-state index in [0.717, 1.165) is 18.8 Å². The Morgan fingerprint density at radius 2 is 2.00 bits per heavy atom. The van der Waals surface area contributed by atoms with Gasteiger partial charge in [0.15, 0.2) is 0 Å². The molecule has 0 aliphatic carbocycles. The second-order valence-corrected chi connectivity index (χ2v) is 5.83. The molecular weight excluding hydrogens is 283 g/mol. The van der Waals surface area contributed by atoms with Gasteiger partial charge in [-0.05, 0) is 39.5 Å². The fourth-order valence-corrected chi connectivity index (χ4v) is 3.23. The number of rotatable bonds is 1. The van der Waals surface area contributed by atoms with Crippen LogP contribution < -0.4 is 5.46 Å². The largest absolute Gasteiger partial charge is 0.489 e. The molecule has 0 saturated carbocycles. The zero-order chi connectivity index (χ0) is 10.3. The van der Waals surface area contributed by atoms with Gasteiger partial charge in [0.2, 0.25) is 0 Å². The molecule has 0 aliphatic rings. The van der Waals surface area contributed by atoms with Gasteiger partial charge in [-0.2, -0.15) is 0 Å². The Morgan fingerprint density at radius 3 is 2.64 bits per heavy atom. The number of thiol groups is 1. The highest BCUT2D eigenvalue weighted by atomic mass is 79.9. The number of benzene rings is 1. The maximum Gasteiger partial charge on any atom is 0.489 e. The maximum absolute atomic E-state index is 9.17. The highest BCUT2D eigenvalue weighted by Crippen LogP contribution is 2.30. The Morgan fingerprint density at radius 1 is 1.29 bits per heavy atom. The average Bonchev–Trinajstić information content (AvgIpc) is 2.42. The molecule has 2 rings (SSSR count). The summed E-state index contributed by atoms with van der Waals surface area (Å²) in [7, 11) is -1.45. The molecule has 0 saturated heterocycles. The number of thiophene rings is 1. The molecule has 1 aromatic carbocycles. The van der Waals surface area contributed by atoms with Gasteiger partial charge in [0.25, 0.3) is 0 Å². The molecule has 14 heavy (non-hydrogen) atoms. The summed E-state index contributed by atoms with van der Waals surface area (Å²) in [6.45, 7) is 0. The van der Waals surface area contributed by atoms with E-state index in [2.05, 4.69) is 28.6 Å². The zero-order valence-electron chi connectivity index (χ0n) is 6.94. The van der Waals surface area contributed by atoms with Crippen LogP contribution >= 0.6 is 39.9 Å². The van der Waals surface area contributed by atoms with E-state index in [0.29, 0.717) is 5.46 Å². The van der Waals surface area contributed by atoms with Crippen molar-refractivity contribution in [2.45, 2.75) is 4.90 Å². The number of halogens is 1. The Hall–Kier alpha value is -0.00506. The van der Waals surface area contributed by atoms with Crippen LogP contribution in [0.25, 0.3) is 10.1 Å². The number of hydrogen-bond acceptors (Lipinski definition) is 4. The van der Waals surface area contributed by atoms with Gasteiger partial charge in [-0.25, -0.2) is 0 Å². The molecule has 0 atom stereocenters. The molecule has 6 heteroatoms. The summed E-state index contributed by atoms with van der Waals surface area (Å²) < 4.78 is 1.85. The van der Waals surface area contributed by atoms with Crippen LogP contribution in [0.5, 0.6) is 0 Å². The van der Waals surface area contributed by atoms with Crippen molar-refractivity contribution in [1.29, 1.82) is 0 Å². The van der Waals surface area contributed by atoms with Crippen LogP contribution in [-0.2, 0) is 0 Å². The summed E-state index contributed by atoms with van der Waals surface area (Å²) in [6, 6.07) is 5.50. The van der Waals surface area contributed by atoms with Gasteiger partial charge < -0.3 is 10.0 Å². The second kappa shape index (κ2) is 3.86. The first kappa shape index (κ1) is 10.5. The number of hydrogen-bond donors (Lipinski definition) is 3. The van der Waals surface area contributed by atoms with E-state index in [1.165, 1.54) is 11.3 Å². The van der Waals surface area contributed by atoms with Gasteiger partial charge in [0.1, 0.15) is 0 Å². The van der Waals surface area contributed by atoms with Crippen LogP contribution in [0, 0.1) is 0 Å². The Balaban J connectivity index is 2.79. The summed E-state index contributed by atoms with van der Waals surface area (Å²) in [5, 5.41) is 19.3. The average molecular weight is 289 g/mol. The Labute approximate surface area is 99.3 Å². The molecule has 0 radical (unpaired) electrons. The van der Waals surface area contributed by atoms with Crippen LogP contribution in [0.3, 0.4) is 0 Å². The molecule has 1 aromatic heterocycles. The lowest BCUT2D eigenvalue weighted by Gasteiger charge is -2.02. The summed E-state index contributed by atoms with van der Waals surface area (Å²) in [5.41, 5.74) is 0.503. The van der Waals surface area contributed by atoms with Crippen molar-refractivity contribution in [3.63, 3.8) is 0 Å². The highest BCUT2D eigenvalue weighted by Gasteiger charge is 2.17. The van der Waals surface area contributed by atoms with Gasteiger partial charge in [-0.1, -0.05) is 0 Å². The topological polar surface area (TPSA) is 40.5 Å². The molecule has 0 spiro atoms. The first-order valence-electron chi connectivity index (χ1n) is 3.86. The van der Waals surface area contributed by atoms with Crippen LogP contribution in [0.2, 0.25) is 0 Å². The van der Waals surface area contributed by atoms with E-state index < -0.39 is 7.12 Å². The fraction of sp³-hybridized carbons (Fsp3) is 0. The SMILES string of the molecule is OB(O)c1cc(S)cc2cc(Br)sc12. The van der Waals surface area contributed by atoms with Gasteiger partial charge in [0, 0.05) is 15.1 Å². The second-order valence-electron chi connectivity index (χ2n) is 2.88. The van der Waals surface area contributed by atoms with Crippen LogP contribution in [0.1, 0.15) is 0 Å². The zero-order valence-corrected chi connectivity index (χ0v) is 10.2. The predicted octanol–water partition coefficient (Wildman–Crippen LogP) is 1.63. The lowest BCUT2D eigenvalue weighted by Crippen LogP contribution is -2.30. The molecule has 1 heterocycles. The smallest absolute Gasteiger partial charge is 0.423 e. The fourth-order valence-electron chi connectivity index (χ4n) is 1.32. The molecule has 0 fully saturated rings. The monoisotopic (exact) mass is 288 g/mol. The molecule has 2 aromatic rings. The maximum atomic E-state index is 9.17. The first-order valence-corrected chi connectivity index (χ1v) is 5.91. The van der Waals surface area contributed by atoms with Crippen molar-refractivity contribution < 1.29 is 10.0 Å². The van der Waals surface area contributed by atoms with Crippen molar-refractivity contribution in [1.82, 2.24) is 0 Å². The summed E-state index contributed by atoms with van der Waals surface area (Å²) in [5.74, 6) is 0. The number of fused-ring (bicyclic) bond motifs is 1. The summed E-state index contributed by atoms with van der Waals surface area (Å²) in [4.78, 5) is 0.728. The highest BCUT2D eigenvalue weighted by molar-refractivity contribution is 9.11. The van der Waals surface area contributed by atoms with Crippen molar-refractivity contribution in [2.75, 3.05) is 0 Å². The van der Waals surface area contributed by atoms with E-state index in [9.17, 15) is 0 Å². The normalized spacial score (nSPS) is 10.9. The van der Waals surface area contributed by atoms with Crippen LogP contribution in [-0.4, -0.2) is 17.2 Å². The summed E-state index contributed by atoms with van der Waals surface area (Å²) in [6.07, 6.45) is 0. The third-order valence-corrected chi connectivity index (χ3v) is 3.84. The van der Waals surface area contributed by atoms with E-state index in [-0.39, 0.29) is 0 Å². The quantitative estimate of drug-likeness (QED) is 0.551. The molecule has 0 aliphatic heterocycles. The molecule has 0 unspecified atom stereocenters. The third kappa shape index (κ3) is 1.85. The molecule has 0 bridgehead atoms. The van der Waals surface area contributed by atoms with E-state index in [4.69, 9.17) is 10.0 Å². The van der Waals surface area contributed by atoms with Gasteiger partial charge >= 0.3 is 7.12 Å². The van der Waals surface area contributed by atoms with Crippen molar-refractivity contribution in [2.24, 2.45) is 0 Å². The Bertz CT molecular complexity index is 483. The van der Waals surface area contributed by atoms with Crippen molar-refractivity contribution in [3.05, 3.63) is 22.0 Å². The van der Waals surface area contributed by atoms with Crippen LogP contribution in [0.4, 0.5) is 0 Å². The molecule has 2 N–H and O–H groups in total. The molecule has 0 amide bonds. The lowest BCUT2D eigenvalue weighted by atomic mass is 9.80. The van der Waals surface area contributed by atoms with Gasteiger partial charge in [-0.3, -0.25) is 0 Å². The minimum atomic E-state index is -1.45. The summed E-state index contributed by atoms with van der Waals surface area (Å²) >= 11 is 9.04. The van der Waals surface area contributed by atoms with Crippen LogP contribution in [0.15, 0.2) is 26.9 Å². The molecule has 72 valence electrons. The predicted molar refractivity (Wildman–Crippen MR) is 66.6 cm³/mol. The van der Waals surface area contributed by atoms with Gasteiger partial charge in [-0.15, -0.1) is 24.0 Å². The van der Waals surface area contributed by atoms with E-state index in [1.807, 2.05) is 12.1 Å². The van der Waals surface area contributed by atoms with Gasteiger partial charge in [0.05, 0.1) is 3.79 Å². The third-order valence-electron chi connectivity index (χ3n) is 1.88. The van der Waals surface area contributed by atoms with E-state index >= 15 is 0 Å². The van der Waals surface area contributed by atoms with E-state index in [1.54, 1.807) is 6.07 Å².